The topological polar surface area (TPSA) is 87.8 Å². The maximum Gasteiger partial charge on any atom is 0.261 e. The fraction of sp³-hybridized carbons (Fsp3) is 0. The SMILES string of the molecule is N#Cc1cccc(S(=O)(=O)Nc2cccc(-n3cccn3)c2)c1. The summed E-state index contributed by atoms with van der Waals surface area (Å²) in [6.07, 6.45) is 3.41. The zero-order valence-electron chi connectivity index (χ0n) is 11.9. The Balaban J connectivity index is 1.92. The monoisotopic (exact) mass is 324 g/mol. The van der Waals surface area contributed by atoms with Crippen LogP contribution in [0.1, 0.15) is 5.56 Å². The molecular formula is C16H12N4O2S. The van der Waals surface area contributed by atoms with E-state index in [1.165, 1.54) is 18.2 Å². The molecule has 0 saturated heterocycles. The van der Waals surface area contributed by atoms with Gasteiger partial charge in [0.1, 0.15) is 0 Å². The van der Waals surface area contributed by atoms with Crippen molar-refractivity contribution in [1.82, 2.24) is 9.78 Å². The number of nitrogens with zero attached hydrogens (tertiary/aromatic N) is 3. The molecule has 0 aliphatic rings. The van der Waals surface area contributed by atoms with Gasteiger partial charge < -0.3 is 0 Å². The number of nitriles is 1. The molecule has 0 saturated carbocycles. The standard InChI is InChI=1S/C16H12N4O2S/c17-12-13-4-1-7-16(10-13)23(21,22)19-14-5-2-6-15(11-14)20-9-3-8-18-20/h1-11,19H. The van der Waals surface area contributed by atoms with Gasteiger partial charge in [-0.2, -0.15) is 10.4 Å². The quantitative estimate of drug-likeness (QED) is 0.799. The molecule has 0 spiro atoms. The Morgan fingerprint density at radius 2 is 1.91 bits per heavy atom. The van der Waals surface area contributed by atoms with Crippen LogP contribution in [-0.4, -0.2) is 18.2 Å². The van der Waals surface area contributed by atoms with Gasteiger partial charge in [0.25, 0.3) is 10.0 Å². The molecule has 7 heteroatoms. The highest BCUT2D eigenvalue weighted by Gasteiger charge is 2.15. The van der Waals surface area contributed by atoms with Crippen molar-refractivity contribution in [3.63, 3.8) is 0 Å². The van der Waals surface area contributed by atoms with Crippen LogP contribution < -0.4 is 4.72 Å². The molecule has 0 amide bonds. The molecule has 0 bridgehead atoms. The van der Waals surface area contributed by atoms with E-state index in [-0.39, 0.29) is 10.5 Å². The number of nitrogens with one attached hydrogen (secondary N) is 1. The lowest BCUT2D eigenvalue weighted by molar-refractivity contribution is 0.601. The summed E-state index contributed by atoms with van der Waals surface area (Å²) in [5, 5.41) is 13.0. The zero-order valence-corrected chi connectivity index (χ0v) is 12.7. The van der Waals surface area contributed by atoms with Gasteiger partial charge in [-0.05, 0) is 42.5 Å². The first-order valence-electron chi connectivity index (χ1n) is 6.71. The molecule has 3 rings (SSSR count). The molecule has 0 unspecified atom stereocenters. The van der Waals surface area contributed by atoms with E-state index in [4.69, 9.17) is 5.26 Å². The minimum absolute atomic E-state index is 0.0426. The molecule has 0 atom stereocenters. The number of rotatable bonds is 4. The minimum Gasteiger partial charge on any atom is -0.280 e. The lowest BCUT2D eigenvalue weighted by Crippen LogP contribution is -2.13. The van der Waals surface area contributed by atoms with Crippen LogP contribution in [0.2, 0.25) is 0 Å². The van der Waals surface area contributed by atoms with Crippen molar-refractivity contribution in [2.45, 2.75) is 4.90 Å². The van der Waals surface area contributed by atoms with E-state index in [0.29, 0.717) is 5.69 Å². The summed E-state index contributed by atoms with van der Waals surface area (Å²) in [5.74, 6) is 0. The van der Waals surface area contributed by atoms with Crippen LogP contribution in [0.3, 0.4) is 0 Å². The summed E-state index contributed by atoms with van der Waals surface area (Å²) >= 11 is 0. The van der Waals surface area contributed by atoms with Crippen molar-refractivity contribution in [2.24, 2.45) is 0 Å². The molecule has 0 aliphatic heterocycles. The smallest absolute Gasteiger partial charge is 0.261 e. The van der Waals surface area contributed by atoms with E-state index < -0.39 is 10.0 Å². The molecule has 114 valence electrons. The van der Waals surface area contributed by atoms with Gasteiger partial charge in [0.05, 0.1) is 27.9 Å². The van der Waals surface area contributed by atoms with Gasteiger partial charge in [-0.15, -0.1) is 0 Å². The molecule has 6 nitrogen and oxygen atoms in total. The third-order valence-electron chi connectivity index (χ3n) is 3.14. The highest BCUT2D eigenvalue weighted by molar-refractivity contribution is 7.92. The number of sulfonamides is 1. The Labute approximate surface area is 133 Å². The first-order chi connectivity index (χ1) is 11.1. The van der Waals surface area contributed by atoms with E-state index in [0.717, 1.165) is 5.69 Å². The number of hydrogen-bond acceptors (Lipinski definition) is 4. The molecule has 0 radical (unpaired) electrons. The number of aromatic nitrogens is 2. The largest absolute Gasteiger partial charge is 0.280 e. The van der Waals surface area contributed by atoms with Gasteiger partial charge in [0.15, 0.2) is 0 Å². The Hall–Kier alpha value is -3.11. The first-order valence-corrected chi connectivity index (χ1v) is 8.20. The Morgan fingerprint density at radius 3 is 2.65 bits per heavy atom. The highest BCUT2D eigenvalue weighted by atomic mass is 32.2. The van der Waals surface area contributed by atoms with Gasteiger partial charge in [0, 0.05) is 12.4 Å². The van der Waals surface area contributed by atoms with Gasteiger partial charge in [-0.25, -0.2) is 13.1 Å². The van der Waals surface area contributed by atoms with Gasteiger partial charge in [-0.1, -0.05) is 12.1 Å². The predicted octanol–water partition coefficient (Wildman–Crippen LogP) is 2.54. The molecule has 0 fully saturated rings. The van der Waals surface area contributed by atoms with Crippen molar-refractivity contribution in [1.29, 1.82) is 5.26 Å². The van der Waals surface area contributed by atoms with Gasteiger partial charge in [0.2, 0.25) is 0 Å². The zero-order chi connectivity index (χ0) is 16.3. The molecule has 3 aromatic rings. The molecule has 1 aromatic heterocycles. The number of hydrogen-bond donors (Lipinski definition) is 1. The summed E-state index contributed by atoms with van der Waals surface area (Å²) in [6, 6.07) is 16.5. The predicted molar refractivity (Wildman–Crippen MR) is 85.5 cm³/mol. The van der Waals surface area contributed by atoms with Crippen LogP contribution in [0.4, 0.5) is 5.69 Å². The van der Waals surface area contributed by atoms with Crippen molar-refractivity contribution in [3.05, 3.63) is 72.6 Å². The van der Waals surface area contributed by atoms with Crippen molar-refractivity contribution >= 4 is 15.7 Å². The third-order valence-corrected chi connectivity index (χ3v) is 4.52. The van der Waals surface area contributed by atoms with Crippen molar-refractivity contribution in [2.75, 3.05) is 4.72 Å². The number of anilines is 1. The second-order valence-electron chi connectivity index (χ2n) is 4.75. The molecular weight excluding hydrogens is 312 g/mol. The third kappa shape index (κ3) is 3.22. The summed E-state index contributed by atoms with van der Waals surface area (Å²) in [4.78, 5) is 0.0426. The van der Waals surface area contributed by atoms with Crippen LogP contribution in [0.5, 0.6) is 0 Å². The van der Waals surface area contributed by atoms with E-state index in [9.17, 15) is 8.42 Å². The first kappa shape index (κ1) is 14.8. The van der Waals surface area contributed by atoms with E-state index in [2.05, 4.69) is 9.82 Å². The maximum atomic E-state index is 12.4. The lowest BCUT2D eigenvalue weighted by atomic mass is 10.2. The van der Waals surface area contributed by atoms with Gasteiger partial charge >= 0.3 is 0 Å². The summed E-state index contributed by atoms with van der Waals surface area (Å²) in [7, 11) is -3.76. The summed E-state index contributed by atoms with van der Waals surface area (Å²) in [6.45, 7) is 0. The summed E-state index contributed by atoms with van der Waals surface area (Å²) in [5.41, 5.74) is 1.44. The summed E-state index contributed by atoms with van der Waals surface area (Å²) < 4.78 is 29.0. The Bertz CT molecular complexity index is 973. The second-order valence-corrected chi connectivity index (χ2v) is 6.43. The molecule has 23 heavy (non-hydrogen) atoms. The van der Waals surface area contributed by atoms with E-state index >= 15 is 0 Å². The molecule has 0 aliphatic carbocycles. The van der Waals surface area contributed by atoms with Gasteiger partial charge in [-0.3, -0.25) is 4.72 Å². The molecule has 1 heterocycles. The average Bonchev–Trinajstić information content (AvgIpc) is 3.09. The lowest BCUT2D eigenvalue weighted by Gasteiger charge is -2.10. The normalized spacial score (nSPS) is 10.9. The van der Waals surface area contributed by atoms with Crippen molar-refractivity contribution < 1.29 is 8.42 Å². The van der Waals surface area contributed by atoms with E-state index in [1.807, 2.05) is 12.1 Å². The van der Waals surface area contributed by atoms with Crippen molar-refractivity contribution in [3.8, 4) is 11.8 Å². The van der Waals surface area contributed by atoms with Crippen LogP contribution >= 0.6 is 0 Å². The maximum absolute atomic E-state index is 12.4. The average molecular weight is 324 g/mol. The molecule has 2 aromatic carbocycles. The minimum atomic E-state index is -3.76. The van der Waals surface area contributed by atoms with Crippen LogP contribution in [0.15, 0.2) is 71.9 Å². The van der Waals surface area contributed by atoms with Crippen LogP contribution in [0, 0.1) is 11.3 Å². The van der Waals surface area contributed by atoms with Crippen LogP contribution in [-0.2, 0) is 10.0 Å². The fourth-order valence-corrected chi connectivity index (χ4v) is 3.18. The van der Waals surface area contributed by atoms with E-state index in [1.54, 1.807) is 47.4 Å². The Kier molecular flexibility index (Phi) is 3.83. The van der Waals surface area contributed by atoms with Crippen LogP contribution in [0.25, 0.3) is 5.69 Å². The number of benzene rings is 2. The molecule has 1 N–H and O–H groups in total. The fourth-order valence-electron chi connectivity index (χ4n) is 2.08. The highest BCUT2D eigenvalue weighted by Crippen LogP contribution is 2.19. The Morgan fingerprint density at radius 1 is 1.09 bits per heavy atom. The second kappa shape index (κ2) is 5.94.